The Labute approximate surface area is 104 Å². The van der Waals surface area contributed by atoms with Crippen molar-refractivity contribution in [2.75, 3.05) is 5.32 Å². The van der Waals surface area contributed by atoms with Gasteiger partial charge in [-0.2, -0.15) is 0 Å². The van der Waals surface area contributed by atoms with Crippen molar-refractivity contribution in [1.82, 2.24) is 0 Å². The first-order chi connectivity index (χ1) is 7.82. The number of benzene rings is 1. The molecule has 1 N–H and O–H groups in total. The van der Waals surface area contributed by atoms with Gasteiger partial charge < -0.3 is 5.32 Å². The Morgan fingerprint density at radius 3 is 2.29 bits per heavy atom. The van der Waals surface area contributed by atoms with Crippen molar-refractivity contribution >= 4 is 35.0 Å². The van der Waals surface area contributed by atoms with Gasteiger partial charge in [-0.3, -0.25) is 19.7 Å². The van der Waals surface area contributed by atoms with Gasteiger partial charge in [-0.25, -0.2) is 0 Å². The number of hydrogen-bond donors (Lipinski definition) is 2. The standard InChI is InChI=1S/C8H8N2O3.C2H4OS/c1-6(11)9-7-3-2-4-8(5-7)10(12)13;1-2(3)4/h2-5H,1H3,(H,9,11);1H3,(H,3,4). The summed E-state index contributed by atoms with van der Waals surface area (Å²) in [6.45, 7) is 2.74. The highest BCUT2D eigenvalue weighted by molar-refractivity contribution is 7.96. The molecule has 1 aromatic rings. The number of carbonyl (C=O) groups is 2. The molecule has 0 unspecified atom stereocenters. The molecule has 92 valence electrons. The lowest BCUT2D eigenvalue weighted by Crippen LogP contribution is -2.05. The van der Waals surface area contributed by atoms with Crippen LogP contribution >= 0.6 is 12.6 Å². The quantitative estimate of drug-likeness (QED) is 0.481. The second-order valence-electron chi connectivity index (χ2n) is 3.01. The van der Waals surface area contributed by atoms with Gasteiger partial charge in [0.05, 0.1) is 4.92 Å². The largest absolute Gasteiger partial charge is 0.326 e. The third-order valence-corrected chi connectivity index (χ3v) is 1.38. The lowest BCUT2D eigenvalue weighted by molar-refractivity contribution is -0.384. The fourth-order valence-electron chi connectivity index (χ4n) is 0.900. The third-order valence-electron chi connectivity index (χ3n) is 1.38. The van der Waals surface area contributed by atoms with Gasteiger partial charge in [0.25, 0.3) is 5.69 Å². The predicted molar refractivity (Wildman–Crippen MR) is 67.1 cm³/mol. The van der Waals surface area contributed by atoms with Gasteiger partial charge in [-0.15, -0.1) is 12.6 Å². The summed E-state index contributed by atoms with van der Waals surface area (Å²) in [5.41, 5.74) is 0.396. The van der Waals surface area contributed by atoms with Crippen molar-refractivity contribution in [3.05, 3.63) is 34.4 Å². The minimum absolute atomic E-state index is 0.0359. The van der Waals surface area contributed by atoms with E-state index >= 15 is 0 Å². The zero-order valence-corrected chi connectivity index (χ0v) is 10.2. The van der Waals surface area contributed by atoms with E-state index in [0.29, 0.717) is 5.69 Å². The first kappa shape index (κ1) is 15.1. The van der Waals surface area contributed by atoms with Crippen LogP contribution < -0.4 is 5.32 Å². The Kier molecular flexibility index (Phi) is 6.57. The summed E-state index contributed by atoms with van der Waals surface area (Å²) in [6, 6.07) is 5.78. The van der Waals surface area contributed by atoms with Crippen molar-refractivity contribution in [3.8, 4) is 0 Å². The van der Waals surface area contributed by atoms with E-state index in [1.807, 2.05) is 0 Å². The molecule has 0 heterocycles. The van der Waals surface area contributed by atoms with Gasteiger partial charge in [0, 0.05) is 31.7 Å². The van der Waals surface area contributed by atoms with Crippen molar-refractivity contribution in [2.45, 2.75) is 13.8 Å². The molecule has 1 aromatic carbocycles. The van der Waals surface area contributed by atoms with E-state index in [-0.39, 0.29) is 16.7 Å². The van der Waals surface area contributed by atoms with Crippen LogP contribution in [0.5, 0.6) is 0 Å². The topological polar surface area (TPSA) is 89.3 Å². The molecule has 0 fully saturated rings. The molecule has 0 aliphatic rings. The number of anilines is 1. The molecular weight excluding hydrogens is 244 g/mol. The highest BCUT2D eigenvalue weighted by atomic mass is 32.1. The van der Waals surface area contributed by atoms with E-state index in [4.69, 9.17) is 0 Å². The highest BCUT2D eigenvalue weighted by Gasteiger charge is 2.05. The van der Waals surface area contributed by atoms with Gasteiger partial charge in [0.2, 0.25) is 5.91 Å². The Hall–Kier alpha value is -1.89. The van der Waals surface area contributed by atoms with Crippen molar-refractivity contribution in [2.24, 2.45) is 0 Å². The van der Waals surface area contributed by atoms with Crippen LogP contribution in [0.2, 0.25) is 0 Å². The van der Waals surface area contributed by atoms with Crippen molar-refractivity contribution in [1.29, 1.82) is 0 Å². The minimum atomic E-state index is -0.509. The molecule has 0 aliphatic heterocycles. The van der Waals surface area contributed by atoms with E-state index in [9.17, 15) is 19.7 Å². The number of rotatable bonds is 2. The van der Waals surface area contributed by atoms with Gasteiger partial charge in [-0.1, -0.05) is 6.07 Å². The fraction of sp³-hybridized carbons (Fsp3) is 0.200. The lowest BCUT2D eigenvalue weighted by Gasteiger charge is -1.99. The molecule has 7 heteroatoms. The molecule has 0 radical (unpaired) electrons. The van der Waals surface area contributed by atoms with E-state index in [0.717, 1.165) is 0 Å². The zero-order chi connectivity index (χ0) is 13.4. The average molecular weight is 256 g/mol. The number of nitrogens with one attached hydrogen (secondary N) is 1. The number of thiol groups is 1. The van der Waals surface area contributed by atoms with Crippen molar-refractivity contribution in [3.63, 3.8) is 0 Å². The van der Waals surface area contributed by atoms with Crippen LogP contribution in [0.25, 0.3) is 0 Å². The summed E-state index contributed by atoms with van der Waals surface area (Å²) in [4.78, 5) is 29.7. The zero-order valence-electron chi connectivity index (χ0n) is 9.34. The van der Waals surface area contributed by atoms with E-state index in [1.54, 1.807) is 6.07 Å². The van der Waals surface area contributed by atoms with Crippen LogP contribution in [0.1, 0.15) is 13.8 Å². The number of nitrogens with zero attached hydrogens (tertiary/aromatic N) is 1. The Balaban J connectivity index is 0.000000557. The normalized spacial score (nSPS) is 8.65. The first-order valence-corrected chi connectivity index (χ1v) is 4.99. The van der Waals surface area contributed by atoms with Gasteiger partial charge in [0.15, 0.2) is 5.12 Å². The summed E-state index contributed by atoms with van der Waals surface area (Å²) in [7, 11) is 0. The number of nitro benzene ring substituents is 1. The molecular formula is C10H12N2O4S. The Morgan fingerprint density at radius 1 is 1.35 bits per heavy atom. The molecule has 0 saturated heterocycles. The summed E-state index contributed by atoms with van der Waals surface area (Å²) in [5.74, 6) is -0.250. The second kappa shape index (κ2) is 7.39. The molecule has 1 rings (SSSR count). The van der Waals surface area contributed by atoms with Crippen LogP contribution in [0, 0.1) is 10.1 Å². The summed E-state index contributed by atoms with van der Waals surface area (Å²) in [5, 5.41) is 12.6. The first-order valence-electron chi connectivity index (χ1n) is 4.54. The predicted octanol–water partition coefficient (Wildman–Crippen LogP) is 2.02. The maximum absolute atomic E-state index is 10.6. The molecule has 0 saturated carbocycles. The van der Waals surface area contributed by atoms with Crippen LogP contribution in [0.4, 0.5) is 11.4 Å². The van der Waals surface area contributed by atoms with E-state index in [2.05, 4.69) is 17.9 Å². The molecule has 0 spiro atoms. The SMILES string of the molecule is CC(=O)Nc1cccc([N+](=O)[O-])c1.CC(=O)S. The summed E-state index contributed by atoms with van der Waals surface area (Å²) < 4.78 is 0. The molecule has 1 amide bonds. The van der Waals surface area contributed by atoms with Crippen LogP contribution in [0.15, 0.2) is 24.3 Å². The smallest absolute Gasteiger partial charge is 0.271 e. The van der Waals surface area contributed by atoms with Crippen molar-refractivity contribution < 1.29 is 14.5 Å². The van der Waals surface area contributed by atoms with Crippen LogP contribution in [0.3, 0.4) is 0 Å². The fourth-order valence-corrected chi connectivity index (χ4v) is 0.900. The molecule has 0 aliphatic carbocycles. The minimum Gasteiger partial charge on any atom is -0.326 e. The number of carbonyl (C=O) groups excluding carboxylic acids is 2. The number of amides is 1. The number of non-ortho nitro benzene ring substituents is 1. The maximum atomic E-state index is 10.6. The second-order valence-corrected chi connectivity index (χ2v) is 3.64. The monoisotopic (exact) mass is 256 g/mol. The maximum Gasteiger partial charge on any atom is 0.271 e. The Morgan fingerprint density at radius 2 is 1.88 bits per heavy atom. The van der Waals surface area contributed by atoms with Crippen LogP contribution in [-0.2, 0) is 9.59 Å². The third kappa shape index (κ3) is 7.97. The molecule has 0 aromatic heterocycles. The summed E-state index contributed by atoms with van der Waals surface area (Å²) >= 11 is 3.33. The van der Waals surface area contributed by atoms with Gasteiger partial charge in [0.1, 0.15) is 0 Å². The molecule has 0 atom stereocenters. The molecule has 17 heavy (non-hydrogen) atoms. The Bertz CT molecular complexity index is 430. The van der Waals surface area contributed by atoms with Gasteiger partial charge in [-0.05, 0) is 6.07 Å². The van der Waals surface area contributed by atoms with E-state index in [1.165, 1.54) is 32.0 Å². The number of hydrogen-bond acceptors (Lipinski definition) is 4. The highest BCUT2D eigenvalue weighted by Crippen LogP contribution is 2.16. The van der Waals surface area contributed by atoms with E-state index < -0.39 is 4.92 Å². The number of nitro groups is 1. The lowest BCUT2D eigenvalue weighted by atomic mass is 10.3. The van der Waals surface area contributed by atoms with Gasteiger partial charge >= 0.3 is 0 Å². The summed E-state index contributed by atoms with van der Waals surface area (Å²) in [6.07, 6.45) is 0. The molecule has 6 nitrogen and oxygen atoms in total. The average Bonchev–Trinajstić information content (AvgIpc) is 2.16. The van der Waals surface area contributed by atoms with Crippen LogP contribution in [-0.4, -0.2) is 15.9 Å². The molecule has 0 bridgehead atoms.